The second-order valence-electron chi connectivity index (χ2n) is 9.88. The number of halogens is 3. The van der Waals surface area contributed by atoms with Gasteiger partial charge in [-0.15, -0.1) is 0 Å². The molecule has 4 rings (SSSR count). The fraction of sp³-hybridized carbons (Fsp3) is 0.407. The third kappa shape index (κ3) is 6.65. The van der Waals surface area contributed by atoms with E-state index in [0.717, 1.165) is 14.8 Å². The number of likely N-dealkylation sites (N-methyl/N-ethyl adjacent to an activating group) is 1. The number of nitrogens with one attached hydrogen (secondary N) is 1. The molecule has 0 radical (unpaired) electrons. The first-order valence-corrected chi connectivity index (χ1v) is 14.1. The number of carbonyl (C=O) groups excluding carboxylic acids is 3. The maximum atomic E-state index is 13.3. The SMILES string of the molecule is COC(=O)[C@]1(Cc2ccccc2)N[C@H](CN(C)S(=O)(=O)c2ccc(OC)cc2)[C@@H]2C(=O)N(C)C(=O)[C@@H]21.O=C(O)C(F)(F)F. The van der Waals surface area contributed by atoms with Crippen molar-refractivity contribution in [1.29, 1.82) is 0 Å². The van der Waals surface area contributed by atoms with Crippen molar-refractivity contribution in [3.05, 3.63) is 60.2 Å². The molecule has 2 aromatic rings. The van der Waals surface area contributed by atoms with E-state index in [0.29, 0.717) is 5.75 Å². The van der Waals surface area contributed by atoms with Crippen molar-refractivity contribution in [2.45, 2.75) is 29.1 Å². The Hall–Kier alpha value is -4.02. The molecule has 0 spiro atoms. The van der Waals surface area contributed by atoms with Crippen molar-refractivity contribution in [2.75, 3.05) is 34.9 Å². The van der Waals surface area contributed by atoms with Gasteiger partial charge in [-0.25, -0.2) is 13.2 Å². The number of esters is 1. The average molecular weight is 630 g/mol. The Labute approximate surface area is 245 Å². The first-order chi connectivity index (χ1) is 20.0. The van der Waals surface area contributed by atoms with Crippen LogP contribution in [0.15, 0.2) is 59.5 Å². The van der Waals surface area contributed by atoms with Gasteiger partial charge in [0.15, 0.2) is 0 Å². The number of hydrogen-bond acceptors (Lipinski definition) is 9. The van der Waals surface area contributed by atoms with Gasteiger partial charge < -0.3 is 14.6 Å². The summed E-state index contributed by atoms with van der Waals surface area (Å²) in [6, 6.07) is 14.2. The zero-order valence-corrected chi connectivity index (χ0v) is 24.3. The van der Waals surface area contributed by atoms with Crippen molar-refractivity contribution < 1.29 is 55.3 Å². The Kier molecular flexibility index (Phi) is 9.88. The number of ether oxygens (including phenoxy) is 2. The highest BCUT2D eigenvalue weighted by Gasteiger charge is 2.68. The number of methoxy groups -OCH3 is 2. The third-order valence-electron chi connectivity index (χ3n) is 7.32. The maximum absolute atomic E-state index is 13.3. The van der Waals surface area contributed by atoms with Crippen molar-refractivity contribution in [1.82, 2.24) is 14.5 Å². The molecule has 0 bridgehead atoms. The van der Waals surface area contributed by atoms with Crippen LogP contribution in [0.5, 0.6) is 5.75 Å². The Morgan fingerprint density at radius 2 is 1.60 bits per heavy atom. The molecular weight excluding hydrogens is 599 g/mol. The largest absolute Gasteiger partial charge is 0.497 e. The van der Waals surface area contributed by atoms with Gasteiger partial charge in [-0.2, -0.15) is 17.5 Å². The van der Waals surface area contributed by atoms with Gasteiger partial charge in [0.1, 0.15) is 11.3 Å². The molecule has 0 unspecified atom stereocenters. The molecule has 2 aliphatic heterocycles. The summed E-state index contributed by atoms with van der Waals surface area (Å²) in [6.07, 6.45) is -4.99. The zero-order chi connectivity index (χ0) is 32.3. The molecule has 2 heterocycles. The third-order valence-corrected chi connectivity index (χ3v) is 9.16. The predicted octanol–water partition coefficient (Wildman–Crippen LogP) is 1.31. The highest BCUT2D eigenvalue weighted by Crippen LogP contribution is 2.45. The van der Waals surface area contributed by atoms with Crippen LogP contribution in [0.3, 0.4) is 0 Å². The number of hydrogen-bond donors (Lipinski definition) is 2. The second-order valence-corrected chi connectivity index (χ2v) is 11.9. The van der Waals surface area contributed by atoms with Crippen LogP contribution in [0, 0.1) is 11.8 Å². The maximum Gasteiger partial charge on any atom is 0.490 e. The molecule has 12 nitrogen and oxygen atoms in total. The molecule has 2 saturated heterocycles. The Morgan fingerprint density at radius 1 is 1.05 bits per heavy atom. The summed E-state index contributed by atoms with van der Waals surface area (Å²) < 4.78 is 69.6. The number of nitrogens with zero attached hydrogens (tertiary/aromatic N) is 2. The van der Waals surface area contributed by atoms with E-state index in [1.54, 1.807) is 12.1 Å². The quantitative estimate of drug-likeness (QED) is 0.322. The minimum Gasteiger partial charge on any atom is -0.497 e. The fourth-order valence-corrected chi connectivity index (χ4v) is 6.45. The van der Waals surface area contributed by atoms with E-state index in [9.17, 15) is 36.0 Å². The van der Waals surface area contributed by atoms with Gasteiger partial charge in [-0.05, 0) is 29.8 Å². The van der Waals surface area contributed by atoms with E-state index < -0.39 is 63.4 Å². The smallest absolute Gasteiger partial charge is 0.490 e. The van der Waals surface area contributed by atoms with Crippen LogP contribution in [-0.2, 0) is 40.4 Å². The number of amides is 2. The van der Waals surface area contributed by atoms with Crippen LogP contribution in [-0.4, -0.2) is 99.1 Å². The Bertz CT molecular complexity index is 1470. The summed E-state index contributed by atoms with van der Waals surface area (Å²) in [5.41, 5.74) is -0.767. The number of rotatable bonds is 8. The van der Waals surface area contributed by atoms with Crippen molar-refractivity contribution in [3.63, 3.8) is 0 Å². The number of carboxylic acids is 1. The Balaban J connectivity index is 0.000000646. The lowest BCUT2D eigenvalue weighted by Gasteiger charge is -2.32. The van der Waals surface area contributed by atoms with Gasteiger partial charge in [-0.3, -0.25) is 24.6 Å². The number of likely N-dealkylation sites (tertiary alicyclic amines) is 1. The summed E-state index contributed by atoms with van der Waals surface area (Å²) in [7, 11) is 1.55. The van der Waals surface area contributed by atoms with Crippen molar-refractivity contribution in [2.24, 2.45) is 11.8 Å². The molecule has 2 aliphatic rings. The minimum atomic E-state index is -5.08. The van der Waals surface area contributed by atoms with Crippen LogP contribution in [0.25, 0.3) is 0 Å². The normalized spacial score (nSPS) is 23.4. The molecule has 0 saturated carbocycles. The molecule has 2 fully saturated rings. The molecule has 2 N–H and O–H groups in total. The van der Waals surface area contributed by atoms with Crippen LogP contribution in [0.1, 0.15) is 5.56 Å². The first-order valence-electron chi connectivity index (χ1n) is 12.6. The van der Waals surface area contributed by atoms with E-state index in [-0.39, 0.29) is 17.9 Å². The van der Waals surface area contributed by atoms with E-state index in [2.05, 4.69) is 5.32 Å². The monoisotopic (exact) mass is 629 g/mol. The number of aliphatic carboxylic acids is 1. The van der Waals surface area contributed by atoms with Crippen LogP contribution < -0.4 is 10.1 Å². The standard InChI is InChI=1S/C25H29N3O7S.C2HF3O2/c1-27(36(32,33)18-12-10-17(34-3)11-13-18)15-19-20-21(23(30)28(2)22(20)29)25(26-19,24(31)35-4)14-16-8-6-5-7-9-16;3-2(4,5)1(6)7/h5-13,19-21,26H,14-15H2,1-4H3;(H,6,7)/t19-,20+,21-,25-;/m1./s1. The summed E-state index contributed by atoms with van der Waals surface area (Å²) >= 11 is 0. The predicted molar refractivity (Wildman–Crippen MR) is 143 cm³/mol. The molecule has 16 heteroatoms. The molecule has 234 valence electrons. The van der Waals surface area contributed by atoms with Gasteiger partial charge in [0, 0.05) is 33.1 Å². The van der Waals surface area contributed by atoms with Crippen LogP contribution in [0.2, 0.25) is 0 Å². The minimum absolute atomic E-state index is 0.0507. The lowest BCUT2D eigenvalue weighted by Crippen LogP contribution is -2.59. The number of imide groups is 1. The van der Waals surface area contributed by atoms with E-state index in [4.69, 9.17) is 19.4 Å². The molecule has 43 heavy (non-hydrogen) atoms. The summed E-state index contributed by atoms with van der Waals surface area (Å²) in [5, 5.41) is 10.3. The van der Waals surface area contributed by atoms with Gasteiger partial charge >= 0.3 is 18.1 Å². The Morgan fingerprint density at radius 3 is 2.09 bits per heavy atom. The number of sulfonamides is 1. The number of carboxylic acid groups (broad SMARTS) is 1. The first kappa shape index (κ1) is 33.5. The number of benzene rings is 2. The van der Waals surface area contributed by atoms with Gasteiger partial charge in [0.05, 0.1) is 31.0 Å². The summed E-state index contributed by atoms with van der Waals surface area (Å²) in [6.45, 7) is -0.143. The van der Waals surface area contributed by atoms with Crippen LogP contribution >= 0.6 is 0 Å². The molecule has 0 aliphatic carbocycles. The van der Waals surface area contributed by atoms with E-state index >= 15 is 0 Å². The highest BCUT2D eigenvalue weighted by molar-refractivity contribution is 7.89. The molecule has 2 amide bonds. The van der Waals surface area contributed by atoms with Crippen LogP contribution in [0.4, 0.5) is 13.2 Å². The molecule has 0 aromatic heterocycles. The number of fused-ring (bicyclic) bond motifs is 1. The zero-order valence-electron chi connectivity index (χ0n) is 23.5. The van der Waals surface area contributed by atoms with Gasteiger partial charge in [0.2, 0.25) is 21.8 Å². The topological polar surface area (TPSA) is 160 Å². The lowest BCUT2D eigenvalue weighted by atomic mass is 9.76. The van der Waals surface area contributed by atoms with E-state index in [1.807, 2.05) is 30.3 Å². The second kappa shape index (κ2) is 12.7. The summed E-state index contributed by atoms with van der Waals surface area (Å²) in [5.74, 6) is -5.85. The van der Waals surface area contributed by atoms with Crippen molar-refractivity contribution >= 4 is 33.8 Å². The molecule has 4 atom stereocenters. The van der Waals surface area contributed by atoms with Gasteiger partial charge in [-0.1, -0.05) is 30.3 Å². The molecular formula is C27H30F3N3O9S. The number of alkyl halides is 3. The number of carbonyl (C=O) groups is 4. The summed E-state index contributed by atoms with van der Waals surface area (Å²) in [4.78, 5) is 49.6. The highest BCUT2D eigenvalue weighted by atomic mass is 32.2. The van der Waals surface area contributed by atoms with Crippen molar-refractivity contribution in [3.8, 4) is 5.75 Å². The lowest BCUT2D eigenvalue weighted by molar-refractivity contribution is -0.192. The average Bonchev–Trinajstić information content (AvgIpc) is 3.41. The fourth-order valence-electron chi connectivity index (χ4n) is 5.25. The molecule has 2 aromatic carbocycles. The van der Waals surface area contributed by atoms with Gasteiger partial charge in [0.25, 0.3) is 0 Å². The van der Waals surface area contributed by atoms with E-state index in [1.165, 1.54) is 40.4 Å².